The molecule has 0 radical (unpaired) electrons. The van der Waals surface area contributed by atoms with Crippen LogP contribution < -0.4 is 5.32 Å². The van der Waals surface area contributed by atoms with Gasteiger partial charge in [0.15, 0.2) is 0 Å². The summed E-state index contributed by atoms with van der Waals surface area (Å²) in [5, 5.41) is 3.46. The Morgan fingerprint density at radius 3 is 2.67 bits per heavy atom. The molecule has 0 aliphatic carbocycles. The van der Waals surface area contributed by atoms with Crippen LogP contribution in [0.4, 0.5) is 0 Å². The van der Waals surface area contributed by atoms with E-state index in [0.29, 0.717) is 18.1 Å². The van der Waals surface area contributed by atoms with Crippen molar-refractivity contribution in [1.82, 2.24) is 15.2 Å². The molecule has 0 aromatic carbocycles. The minimum Gasteiger partial charge on any atom is -0.372 e. The quantitative estimate of drug-likeness (QED) is 0.871. The predicted molar refractivity (Wildman–Crippen MR) is 84.0 cm³/mol. The third-order valence-corrected chi connectivity index (χ3v) is 4.23. The summed E-state index contributed by atoms with van der Waals surface area (Å²) in [6.07, 6.45) is 3.38. The highest BCUT2D eigenvalue weighted by atomic mass is 16.5. The van der Waals surface area contributed by atoms with Crippen LogP contribution in [0.1, 0.15) is 38.1 Å². The molecule has 1 N–H and O–H groups in total. The summed E-state index contributed by atoms with van der Waals surface area (Å²) in [4.78, 5) is 7.29. The average molecular weight is 289 g/mol. The number of nitrogens with one attached hydrogen (secondary N) is 1. The highest BCUT2D eigenvalue weighted by Gasteiger charge is 2.33. The molecule has 4 nitrogen and oxygen atoms in total. The van der Waals surface area contributed by atoms with E-state index in [2.05, 4.69) is 42.3 Å². The molecule has 0 spiro atoms. The van der Waals surface area contributed by atoms with E-state index in [4.69, 9.17) is 9.72 Å². The normalized spacial score (nSPS) is 25.7. The standard InChI is InChI=1S/C17H27N3O/c1-13(2)8-18-9-14-4-3-5-15(19-14)10-20-11-16-6-7-17(12-20)21-16/h3-5,13,16-18H,6-12H2,1-2H3. The average Bonchev–Trinajstić information content (AvgIpc) is 2.78. The lowest BCUT2D eigenvalue weighted by Crippen LogP contribution is -2.42. The minimum absolute atomic E-state index is 0.458. The zero-order chi connectivity index (χ0) is 14.7. The van der Waals surface area contributed by atoms with Gasteiger partial charge in [0.25, 0.3) is 0 Å². The van der Waals surface area contributed by atoms with Gasteiger partial charge in [-0.15, -0.1) is 0 Å². The number of rotatable bonds is 6. The highest BCUT2D eigenvalue weighted by molar-refractivity contribution is 5.11. The van der Waals surface area contributed by atoms with Crippen LogP contribution in [0.2, 0.25) is 0 Å². The number of hydrogen-bond donors (Lipinski definition) is 1. The SMILES string of the molecule is CC(C)CNCc1cccc(CN2CC3CCC(C2)O3)n1. The number of fused-ring (bicyclic) bond motifs is 2. The molecule has 2 aliphatic heterocycles. The van der Waals surface area contributed by atoms with Gasteiger partial charge in [-0.2, -0.15) is 0 Å². The van der Waals surface area contributed by atoms with Crippen molar-refractivity contribution in [2.45, 2.75) is 52.0 Å². The summed E-state index contributed by atoms with van der Waals surface area (Å²) in [5.41, 5.74) is 2.32. The Balaban J connectivity index is 1.53. The third kappa shape index (κ3) is 4.25. The van der Waals surface area contributed by atoms with Gasteiger partial charge >= 0.3 is 0 Å². The molecule has 116 valence electrons. The van der Waals surface area contributed by atoms with Crippen molar-refractivity contribution in [2.24, 2.45) is 5.92 Å². The molecule has 0 saturated carbocycles. The minimum atomic E-state index is 0.458. The highest BCUT2D eigenvalue weighted by Crippen LogP contribution is 2.26. The fraction of sp³-hybridized carbons (Fsp3) is 0.706. The van der Waals surface area contributed by atoms with E-state index in [1.165, 1.54) is 18.5 Å². The molecule has 2 atom stereocenters. The number of morpholine rings is 1. The molecule has 1 aromatic heterocycles. The van der Waals surface area contributed by atoms with Crippen LogP contribution in [-0.2, 0) is 17.8 Å². The molecule has 3 rings (SSSR count). The van der Waals surface area contributed by atoms with Crippen molar-refractivity contribution >= 4 is 0 Å². The lowest BCUT2D eigenvalue weighted by Gasteiger charge is -2.31. The first-order valence-electron chi connectivity index (χ1n) is 8.22. The fourth-order valence-corrected chi connectivity index (χ4v) is 3.26. The molecule has 1 aromatic rings. The van der Waals surface area contributed by atoms with Crippen molar-refractivity contribution in [3.05, 3.63) is 29.6 Å². The Labute approximate surface area is 127 Å². The van der Waals surface area contributed by atoms with Crippen molar-refractivity contribution < 1.29 is 4.74 Å². The van der Waals surface area contributed by atoms with Gasteiger partial charge in [-0.25, -0.2) is 0 Å². The zero-order valence-corrected chi connectivity index (χ0v) is 13.2. The largest absolute Gasteiger partial charge is 0.372 e. The Morgan fingerprint density at radius 2 is 1.95 bits per heavy atom. The molecule has 4 heteroatoms. The van der Waals surface area contributed by atoms with E-state index < -0.39 is 0 Å². The summed E-state index contributed by atoms with van der Waals surface area (Å²) in [5.74, 6) is 0.678. The smallest absolute Gasteiger partial charge is 0.0707 e. The van der Waals surface area contributed by atoms with Crippen LogP contribution in [0.25, 0.3) is 0 Å². The van der Waals surface area contributed by atoms with Crippen LogP contribution in [0, 0.1) is 5.92 Å². The summed E-state index contributed by atoms with van der Waals surface area (Å²) < 4.78 is 5.89. The van der Waals surface area contributed by atoms with Crippen LogP contribution in [-0.4, -0.2) is 41.7 Å². The van der Waals surface area contributed by atoms with Gasteiger partial charge in [-0.3, -0.25) is 9.88 Å². The lowest BCUT2D eigenvalue weighted by molar-refractivity contribution is -0.0414. The van der Waals surface area contributed by atoms with Gasteiger partial charge in [-0.1, -0.05) is 19.9 Å². The van der Waals surface area contributed by atoms with Gasteiger partial charge in [0, 0.05) is 26.2 Å². The van der Waals surface area contributed by atoms with E-state index >= 15 is 0 Å². The molecular formula is C17H27N3O. The Hall–Kier alpha value is -0.970. The maximum absolute atomic E-state index is 5.89. The number of hydrogen-bond acceptors (Lipinski definition) is 4. The van der Waals surface area contributed by atoms with Crippen LogP contribution in [0.3, 0.4) is 0 Å². The van der Waals surface area contributed by atoms with Gasteiger partial charge in [0.1, 0.15) is 0 Å². The number of aromatic nitrogens is 1. The molecule has 0 amide bonds. The zero-order valence-electron chi connectivity index (χ0n) is 13.2. The second-order valence-corrected chi connectivity index (χ2v) is 6.80. The number of likely N-dealkylation sites (tertiary alicyclic amines) is 1. The Morgan fingerprint density at radius 1 is 1.24 bits per heavy atom. The van der Waals surface area contributed by atoms with Gasteiger partial charge in [0.05, 0.1) is 23.6 Å². The molecule has 2 unspecified atom stereocenters. The summed E-state index contributed by atoms with van der Waals surface area (Å²) in [6.45, 7) is 9.43. The molecule has 21 heavy (non-hydrogen) atoms. The number of ether oxygens (including phenoxy) is 1. The molecule has 2 aliphatic rings. The lowest BCUT2D eigenvalue weighted by atomic mass is 10.2. The number of nitrogens with zero attached hydrogens (tertiary/aromatic N) is 2. The van der Waals surface area contributed by atoms with Crippen LogP contribution >= 0.6 is 0 Å². The monoisotopic (exact) mass is 289 g/mol. The maximum Gasteiger partial charge on any atom is 0.0707 e. The van der Waals surface area contributed by atoms with Gasteiger partial charge < -0.3 is 10.1 Å². The summed E-state index contributed by atoms with van der Waals surface area (Å²) in [6, 6.07) is 6.38. The molecule has 3 heterocycles. The topological polar surface area (TPSA) is 37.4 Å². The fourth-order valence-electron chi connectivity index (χ4n) is 3.26. The first kappa shape index (κ1) is 14.9. The van der Waals surface area contributed by atoms with Crippen LogP contribution in [0.5, 0.6) is 0 Å². The van der Waals surface area contributed by atoms with Crippen molar-refractivity contribution in [3.63, 3.8) is 0 Å². The maximum atomic E-state index is 5.89. The van der Waals surface area contributed by atoms with Crippen molar-refractivity contribution in [2.75, 3.05) is 19.6 Å². The van der Waals surface area contributed by atoms with E-state index in [9.17, 15) is 0 Å². The molecular weight excluding hydrogens is 262 g/mol. The Kier molecular flexibility index (Phi) is 4.88. The summed E-state index contributed by atoms with van der Waals surface area (Å²) in [7, 11) is 0. The predicted octanol–water partition coefficient (Wildman–Crippen LogP) is 2.19. The first-order chi connectivity index (χ1) is 10.2. The molecule has 2 saturated heterocycles. The molecule has 2 fully saturated rings. The second-order valence-electron chi connectivity index (χ2n) is 6.80. The second kappa shape index (κ2) is 6.86. The van der Waals surface area contributed by atoms with E-state index in [0.717, 1.165) is 38.4 Å². The number of pyridine rings is 1. The van der Waals surface area contributed by atoms with Crippen molar-refractivity contribution in [3.8, 4) is 0 Å². The van der Waals surface area contributed by atoms with Gasteiger partial charge in [-0.05, 0) is 37.4 Å². The van der Waals surface area contributed by atoms with Crippen LogP contribution in [0.15, 0.2) is 18.2 Å². The molecule has 2 bridgehead atoms. The van der Waals surface area contributed by atoms with Crippen molar-refractivity contribution in [1.29, 1.82) is 0 Å². The van der Waals surface area contributed by atoms with Gasteiger partial charge in [0.2, 0.25) is 0 Å². The summed E-state index contributed by atoms with van der Waals surface area (Å²) >= 11 is 0. The third-order valence-electron chi connectivity index (χ3n) is 4.23. The first-order valence-corrected chi connectivity index (χ1v) is 8.22. The van der Waals surface area contributed by atoms with E-state index in [1.54, 1.807) is 0 Å². The Bertz CT molecular complexity index is 451. The van der Waals surface area contributed by atoms with E-state index in [1.807, 2.05) is 0 Å². The van der Waals surface area contributed by atoms with E-state index in [-0.39, 0.29) is 0 Å².